The Morgan fingerprint density at radius 3 is 2.61 bits per heavy atom. The maximum absolute atomic E-state index is 4.20. The van der Waals surface area contributed by atoms with Crippen molar-refractivity contribution in [3.63, 3.8) is 0 Å². The molecule has 0 radical (unpaired) electrons. The number of hydrogen-bond donors (Lipinski definition) is 1. The second-order valence-electron chi connectivity index (χ2n) is 3.83. The summed E-state index contributed by atoms with van der Waals surface area (Å²) in [4.78, 5) is 9.53. The van der Waals surface area contributed by atoms with Gasteiger partial charge in [0.1, 0.15) is 0 Å². The van der Waals surface area contributed by atoms with Crippen LogP contribution >= 0.6 is 27.7 Å². The average molecular weight is 324 g/mol. The fourth-order valence-electron chi connectivity index (χ4n) is 1.52. The van der Waals surface area contributed by atoms with Gasteiger partial charge in [-0.2, -0.15) is 0 Å². The first kappa shape index (κ1) is 13.5. The summed E-state index contributed by atoms with van der Waals surface area (Å²) in [5.41, 5.74) is 1.25. The van der Waals surface area contributed by atoms with Gasteiger partial charge in [0.2, 0.25) is 0 Å². The van der Waals surface area contributed by atoms with E-state index in [-0.39, 0.29) is 0 Å². The van der Waals surface area contributed by atoms with E-state index >= 15 is 0 Å². The number of halogens is 1. The number of hydrogen-bond acceptors (Lipinski definition) is 4. The molecule has 0 amide bonds. The van der Waals surface area contributed by atoms with Crippen LogP contribution in [0.4, 0.5) is 0 Å². The van der Waals surface area contributed by atoms with Crippen LogP contribution in [0.25, 0.3) is 0 Å². The van der Waals surface area contributed by atoms with Crippen LogP contribution in [0.15, 0.2) is 51.2 Å². The lowest BCUT2D eigenvalue weighted by molar-refractivity contribution is 0.649. The Balaban J connectivity index is 2.19. The Morgan fingerprint density at radius 1 is 1.28 bits per heavy atom. The average Bonchev–Trinajstić information content (AvgIpc) is 2.39. The van der Waals surface area contributed by atoms with Crippen molar-refractivity contribution >= 4 is 27.7 Å². The molecular formula is C13H14BrN3S. The lowest BCUT2D eigenvalue weighted by Crippen LogP contribution is -2.12. The molecule has 0 spiro atoms. The monoisotopic (exact) mass is 323 g/mol. The number of aromatic nitrogens is 2. The molecule has 18 heavy (non-hydrogen) atoms. The van der Waals surface area contributed by atoms with Crippen LogP contribution in [0.1, 0.15) is 18.5 Å². The predicted octanol–water partition coefficient (Wildman–Crippen LogP) is 3.67. The highest BCUT2D eigenvalue weighted by Gasteiger charge is 2.08. The molecule has 0 aliphatic heterocycles. The number of rotatable bonds is 4. The van der Waals surface area contributed by atoms with Gasteiger partial charge in [0, 0.05) is 27.8 Å². The van der Waals surface area contributed by atoms with Gasteiger partial charge < -0.3 is 5.32 Å². The third-order valence-corrected chi connectivity index (χ3v) is 4.19. The number of nitrogens with zero attached hydrogens (tertiary/aromatic N) is 2. The molecule has 1 heterocycles. The van der Waals surface area contributed by atoms with Crippen LogP contribution in [0.2, 0.25) is 0 Å². The molecular weight excluding hydrogens is 310 g/mol. The number of nitrogens with one attached hydrogen (secondary N) is 1. The lowest BCUT2D eigenvalue weighted by Gasteiger charge is -2.13. The summed E-state index contributed by atoms with van der Waals surface area (Å²) in [7, 11) is 1.96. The first-order valence-corrected chi connectivity index (χ1v) is 7.23. The van der Waals surface area contributed by atoms with E-state index in [2.05, 4.69) is 56.3 Å². The highest BCUT2D eigenvalue weighted by atomic mass is 79.9. The van der Waals surface area contributed by atoms with Crippen molar-refractivity contribution < 1.29 is 0 Å². The largest absolute Gasteiger partial charge is 0.313 e. The first-order valence-electron chi connectivity index (χ1n) is 5.62. The second-order valence-corrected chi connectivity index (χ2v) is 5.72. The van der Waals surface area contributed by atoms with E-state index in [1.807, 2.05) is 13.1 Å². The zero-order chi connectivity index (χ0) is 13.0. The molecule has 1 unspecified atom stereocenters. The molecule has 0 bridgehead atoms. The van der Waals surface area contributed by atoms with Crippen molar-refractivity contribution in [2.24, 2.45) is 0 Å². The van der Waals surface area contributed by atoms with Crippen LogP contribution in [0.3, 0.4) is 0 Å². The maximum Gasteiger partial charge on any atom is 0.192 e. The molecule has 0 fully saturated rings. The molecule has 3 nitrogen and oxygen atoms in total. The van der Waals surface area contributed by atoms with Gasteiger partial charge in [-0.3, -0.25) is 0 Å². The zero-order valence-corrected chi connectivity index (χ0v) is 12.6. The summed E-state index contributed by atoms with van der Waals surface area (Å²) in [5.74, 6) is 0. The Morgan fingerprint density at radius 2 is 2.00 bits per heavy atom. The third kappa shape index (κ3) is 3.31. The van der Waals surface area contributed by atoms with Gasteiger partial charge in [0.25, 0.3) is 0 Å². The zero-order valence-electron chi connectivity index (χ0n) is 10.2. The van der Waals surface area contributed by atoms with Gasteiger partial charge in [-0.1, -0.05) is 22.0 Å². The Bertz CT molecular complexity index is 519. The highest BCUT2D eigenvalue weighted by molar-refractivity contribution is 9.10. The number of benzene rings is 1. The van der Waals surface area contributed by atoms with E-state index < -0.39 is 0 Å². The first-order chi connectivity index (χ1) is 8.70. The van der Waals surface area contributed by atoms with E-state index in [4.69, 9.17) is 0 Å². The summed E-state index contributed by atoms with van der Waals surface area (Å²) < 4.78 is 1.10. The molecule has 0 saturated carbocycles. The SMILES string of the molecule is CNC(C)c1ccc(Sc2ncccn2)cc1Br. The quantitative estimate of drug-likeness (QED) is 0.871. The normalized spacial score (nSPS) is 12.4. The van der Waals surface area contributed by atoms with Crippen LogP contribution in [0, 0.1) is 0 Å². The Labute approximate surface area is 120 Å². The van der Waals surface area contributed by atoms with Gasteiger partial charge in [0.05, 0.1) is 0 Å². The Hall–Kier alpha value is -0.910. The molecule has 1 atom stereocenters. The fraction of sp³-hybridized carbons (Fsp3) is 0.231. The summed E-state index contributed by atoms with van der Waals surface area (Å²) in [6, 6.07) is 8.46. The molecule has 94 valence electrons. The van der Waals surface area contributed by atoms with Gasteiger partial charge in [-0.05, 0) is 49.5 Å². The molecule has 5 heteroatoms. The van der Waals surface area contributed by atoms with Gasteiger partial charge in [0.15, 0.2) is 5.16 Å². The van der Waals surface area contributed by atoms with Crippen LogP contribution < -0.4 is 5.32 Å². The van der Waals surface area contributed by atoms with Gasteiger partial charge in [-0.25, -0.2) is 9.97 Å². The van der Waals surface area contributed by atoms with Gasteiger partial charge in [-0.15, -0.1) is 0 Å². The maximum atomic E-state index is 4.20. The van der Waals surface area contributed by atoms with Gasteiger partial charge >= 0.3 is 0 Å². The molecule has 1 aromatic carbocycles. The van der Waals surface area contributed by atoms with Crippen molar-refractivity contribution in [1.29, 1.82) is 0 Å². The summed E-state index contributed by atoms with van der Waals surface area (Å²) in [6.45, 7) is 2.13. The minimum atomic E-state index is 0.325. The lowest BCUT2D eigenvalue weighted by atomic mass is 10.1. The van der Waals surface area contributed by atoms with E-state index in [1.54, 1.807) is 24.2 Å². The standard InChI is InChI=1S/C13H14BrN3S/c1-9(15-2)11-5-4-10(8-12(11)14)18-13-16-6-3-7-17-13/h3-9,15H,1-2H3. The molecule has 0 aliphatic carbocycles. The minimum absolute atomic E-state index is 0.325. The topological polar surface area (TPSA) is 37.8 Å². The van der Waals surface area contributed by atoms with Crippen molar-refractivity contribution in [1.82, 2.24) is 15.3 Å². The van der Waals surface area contributed by atoms with E-state index in [0.29, 0.717) is 6.04 Å². The van der Waals surface area contributed by atoms with Crippen LogP contribution in [0.5, 0.6) is 0 Å². The summed E-state index contributed by atoms with van der Waals surface area (Å²) in [5, 5.41) is 3.99. The van der Waals surface area contributed by atoms with Crippen molar-refractivity contribution in [3.8, 4) is 0 Å². The van der Waals surface area contributed by atoms with Crippen molar-refractivity contribution in [2.75, 3.05) is 7.05 Å². The molecule has 2 rings (SSSR count). The summed E-state index contributed by atoms with van der Waals surface area (Å²) >= 11 is 5.16. The molecule has 1 aromatic heterocycles. The highest BCUT2D eigenvalue weighted by Crippen LogP contribution is 2.31. The minimum Gasteiger partial charge on any atom is -0.313 e. The van der Waals surface area contributed by atoms with Crippen molar-refractivity contribution in [2.45, 2.75) is 23.0 Å². The van der Waals surface area contributed by atoms with Crippen molar-refractivity contribution in [3.05, 3.63) is 46.7 Å². The predicted molar refractivity (Wildman–Crippen MR) is 77.8 cm³/mol. The molecule has 0 aliphatic rings. The summed E-state index contributed by atoms with van der Waals surface area (Å²) in [6.07, 6.45) is 3.50. The second kappa shape index (κ2) is 6.31. The third-order valence-electron chi connectivity index (χ3n) is 2.62. The van der Waals surface area contributed by atoms with E-state index in [0.717, 1.165) is 14.5 Å². The van der Waals surface area contributed by atoms with Crippen LogP contribution in [-0.2, 0) is 0 Å². The molecule has 0 saturated heterocycles. The Kier molecular flexibility index (Phi) is 4.74. The fourth-order valence-corrected chi connectivity index (χ4v) is 3.15. The smallest absolute Gasteiger partial charge is 0.192 e. The van der Waals surface area contributed by atoms with E-state index in [1.165, 1.54) is 5.56 Å². The van der Waals surface area contributed by atoms with E-state index in [9.17, 15) is 0 Å². The van der Waals surface area contributed by atoms with Crippen LogP contribution in [-0.4, -0.2) is 17.0 Å². The molecule has 1 N–H and O–H groups in total. The molecule has 2 aromatic rings.